The van der Waals surface area contributed by atoms with Gasteiger partial charge in [0.25, 0.3) is 0 Å². The van der Waals surface area contributed by atoms with Crippen molar-refractivity contribution < 1.29 is 9.84 Å². The average molecular weight is 402 g/mol. The highest BCUT2D eigenvalue weighted by Crippen LogP contribution is 2.19. The number of likely N-dealkylation sites (tertiary alicyclic amines) is 1. The van der Waals surface area contributed by atoms with E-state index in [-0.39, 0.29) is 5.75 Å². The summed E-state index contributed by atoms with van der Waals surface area (Å²) in [5.74, 6) is 1.65. The highest BCUT2D eigenvalue weighted by atomic mass is 16.5. The molecule has 6 heteroatoms. The van der Waals surface area contributed by atoms with Crippen LogP contribution in [0.3, 0.4) is 0 Å². The van der Waals surface area contributed by atoms with Crippen molar-refractivity contribution in [1.82, 2.24) is 14.9 Å². The zero-order chi connectivity index (χ0) is 20.6. The highest BCUT2D eigenvalue weighted by molar-refractivity contribution is 5.69. The third-order valence-corrected chi connectivity index (χ3v) is 5.00. The minimum Gasteiger partial charge on any atom is -0.508 e. The fraction of sp³-hybridized carbons (Fsp3) is 0.250. The van der Waals surface area contributed by atoms with Gasteiger partial charge in [-0.2, -0.15) is 0 Å². The Morgan fingerprint density at radius 2 is 1.70 bits per heavy atom. The molecule has 154 valence electrons. The maximum atomic E-state index is 9.51. The molecule has 1 aromatic heterocycles. The summed E-state index contributed by atoms with van der Waals surface area (Å²) in [6, 6.07) is 14.9. The Bertz CT molecular complexity index is 965. The van der Waals surface area contributed by atoms with Crippen molar-refractivity contribution in [2.75, 3.05) is 31.6 Å². The van der Waals surface area contributed by atoms with E-state index in [0.717, 1.165) is 29.1 Å². The van der Waals surface area contributed by atoms with Gasteiger partial charge in [-0.15, -0.1) is 0 Å². The van der Waals surface area contributed by atoms with Crippen LogP contribution in [0.2, 0.25) is 0 Å². The van der Waals surface area contributed by atoms with Crippen LogP contribution in [0.25, 0.3) is 12.2 Å². The Balaban J connectivity index is 1.27. The molecule has 30 heavy (non-hydrogen) atoms. The van der Waals surface area contributed by atoms with Gasteiger partial charge >= 0.3 is 0 Å². The number of benzene rings is 2. The maximum absolute atomic E-state index is 9.51. The molecule has 0 saturated carbocycles. The number of rotatable bonds is 8. The van der Waals surface area contributed by atoms with Crippen LogP contribution >= 0.6 is 0 Å². The standard InChI is InChI=1S/C24H26N4O2/c29-22-5-3-4-19(16-22)6-7-20-17-25-24(26-18-20)27-21-8-10-23(11-9-21)30-15-14-28-12-1-2-13-28/h3-11,16-18,29H,1-2,12-15H2,(H,25,26,27). The number of aromatic hydroxyl groups is 1. The highest BCUT2D eigenvalue weighted by Gasteiger charge is 2.10. The van der Waals surface area contributed by atoms with Gasteiger partial charge < -0.3 is 15.2 Å². The van der Waals surface area contributed by atoms with E-state index < -0.39 is 0 Å². The fourth-order valence-electron chi connectivity index (χ4n) is 3.37. The Kier molecular flexibility index (Phi) is 6.57. The Morgan fingerprint density at radius 1 is 0.967 bits per heavy atom. The van der Waals surface area contributed by atoms with Crippen molar-refractivity contribution >= 4 is 23.8 Å². The Morgan fingerprint density at radius 3 is 2.43 bits per heavy atom. The molecule has 0 atom stereocenters. The van der Waals surface area contributed by atoms with E-state index in [9.17, 15) is 5.11 Å². The van der Waals surface area contributed by atoms with Gasteiger partial charge in [0.05, 0.1) is 0 Å². The second-order valence-electron chi connectivity index (χ2n) is 7.31. The molecule has 1 fully saturated rings. The first-order valence-corrected chi connectivity index (χ1v) is 10.3. The van der Waals surface area contributed by atoms with Crippen LogP contribution in [0, 0.1) is 0 Å². The molecule has 0 amide bonds. The summed E-state index contributed by atoms with van der Waals surface area (Å²) in [5, 5.41) is 12.7. The zero-order valence-corrected chi connectivity index (χ0v) is 16.9. The van der Waals surface area contributed by atoms with Gasteiger partial charge in [0, 0.05) is 30.2 Å². The maximum Gasteiger partial charge on any atom is 0.227 e. The number of nitrogens with zero attached hydrogens (tertiary/aromatic N) is 3. The molecule has 1 saturated heterocycles. The molecule has 2 N–H and O–H groups in total. The first-order chi connectivity index (χ1) is 14.7. The fourth-order valence-corrected chi connectivity index (χ4v) is 3.37. The molecule has 0 radical (unpaired) electrons. The molecule has 0 aliphatic carbocycles. The first kappa shape index (κ1) is 19.9. The largest absolute Gasteiger partial charge is 0.508 e. The Labute approximate surface area is 176 Å². The second kappa shape index (κ2) is 9.89. The number of anilines is 2. The molecule has 6 nitrogen and oxygen atoms in total. The minimum absolute atomic E-state index is 0.246. The SMILES string of the molecule is Oc1cccc(C=Cc2cnc(Nc3ccc(OCCN4CCCC4)cc3)nc2)c1. The van der Waals surface area contributed by atoms with Gasteiger partial charge in [0.1, 0.15) is 18.1 Å². The molecule has 1 aliphatic rings. The van der Waals surface area contributed by atoms with Gasteiger partial charge in [-0.1, -0.05) is 24.3 Å². The molecular weight excluding hydrogens is 376 g/mol. The van der Waals surface area contributed by atoms with Gasteiger partial charge in [0.15, 0.2) is 0 Å². The lowest BCUT2D eigenvalue weighted by Gasteiger charge is -2.15. The topological polar surface area (TPSA) is 70.5 Å². The van der Waals surface area contributed by atoms with E-state index in [4.69, 9.17) is 4.74 Å². The quantitative estimate of drug-likeness (QED) is 0.575. The van der Waals surface area contributed by atoms with Crippen molar-refractivity contribution in [2.45, 2.75) is 12.8 Å². The molecular formula is C24H26N4O2. The van der Waals surface area contributed by atoms with E-state index in [1.54, 1.807) is 24.5 Å². The summed E-state index contributed by atoms with van der Waals surface area (Å²) in [7, 11) is 0. The van der Waals surface area contributed by atoms with Crippen molar-refractivity contribution in [1.29, 1.82) is 0 Å². The summed E-state index contributed by atoms with van der Waals surface area (Å²) in [6.07, 6.45) is 9.93. The smallest absolute Gasteiger partial charge is 0.227 e. The Hall–Kier alpha value is -3.38. The first-order valence-electron chi connectivity index (χ1n) is 10.3. The van der Waals surface area contributed by atoms with Crippen LogP contribution in [-0.2, 0) is 0 Å². The summed E-state index contributed by atoms with van der Waals surface area (Å²) < 4.78 is 5.84. The number of aromatic nitrogens is 2. The van der Waals surface area contributed by atoms with Gasteiger partial charge in [-0.05, 0) is 67.9 Å². The summed E-state index contributed by atoms with van der Waals surface area (Å²) in [4.78, 5) is 11.2. The van der Waals surface area contributed by atoms with Crippen LogP contribution in [0.4, 0.5) is 11.6 Å². The normalized spacial score (nSPS) is 14.3. The van der Waals surface area contributed by atoms with Crippen LogP contribution in [-0.4, -0.2) is 46.2 Å². The molecule has 0 spiro atoms. The summed E-state index contributed by atoms with van der Waals surface area (Å²) in [5.41, 5.74) is 2.70. The summed E-state index contributed by atoms with van der Waals surface area (Å²) in [6.45, 7) is 4.08. The lowest BCUT2D eigenvalue weighted by molar-refractivity contribution is 0.238. The molecule has 3 aromatic rings. The third-order valence-electron chi connectivity index (χ3n) is 5.00. The molecule has 4 rings (SSSR count). The van der Waals surface area contributed by atoms with Gasteiger partial charge in [-0.3, -0.25) is 4.90 Å². The number of phenols is 1. The van der Waals surface area contributed by atoms with Crippen molar-refractivity contribution in [2.24, 2.45) is 0 Å². The zero-order valence-electron chi connectivity index (χ0n) is 16.9. The van der Waals surface area contributed by atoms with Gasteiger partial charge in [0.2, 0.25) is 5.95 Å². The molecule has 0 unspecified atom stereocenters. The number of phenolic OH excluding ortho intramolecular Hbond substituents is 1. The molecule has 2 aromatic carbocycles. The van der Waals surface area contributed by atoms with E-state index in [0.29, 0.717) is 12.6 Å². The van der Waals surface area contributed by atoms with E-state index in [1.807, 2.05) is 48.6 Å². The monoisotopic (exact) mass is 402 g/mol. The van der Waals surface area contributed by atoms with Crippen molar-refractivity contribution in [3.8, 4) is 11.5 Å². The lowest BCUT2D eigenvalue weighted by atomic mass is 10.2. The molecule has 0 bridgehead atoms. The number of ether oxygens (including phenoxy) is 1. The summed E-state index contributed by atoms with van der Waals surface area (Å²) >= 11 is 0. The predicted molar refractivity (Wildman–Crippen MR) is 120 cm³/mol. The average Bonchev–Trinajstić information content (AvgIpc) is 3.28. The van der Waals surface area contributed by atoms with Crippen molar-refractivity contribution in [3.05, 3.63) is 72.1 Å². The van der Waals surface area contributed by atoms with Crippen LogP contribution in [0.5, 0.6) is 11.5 Å². The predicted octanol–water partition coefficient (Wildman–Crippen LogP) is 4.57. The van der Waals surface area contributed by atoms with Crippen LogP contribution in [0.15, 0.2) is 60.9 Å². The molecule has 1 aliphatic heterocycles. The van der Waals surface area contributed by atoms with Crippen LogP contribution in [0.1, 0.15) is 24.0 Å². The lowest BCUT2D eigenvalue weighted by Crippen LogP contribution is -2.25. The van der Waals surface area contributed by atoms with E-state index in [1.165, 1.54) is 25.9 Å². The van der Waals surface area contributed by atoms with E-state index in [2.05, 4.69) is 20.2 Å². The second-order valence-corrected chi connectivity index (χ2v) is 7.31. The number of nitrogens with one attached hydrogen (secondary N) is 1. The molecule has 2 heterocycles. The number of hydrogen-bond donors (Lipinski definition) is 2. The van der Waals surface area contributed by atoms with Crippen molar-refractivity contribution in [3.63, 3.8) is 0 Å². The van der Waals surface area contributed by atoms with E-state index >= 15 is 0 Å². The van der Waals surface area contributed by atoms with Gasteiger partial charge in [-0.25, -0.2) is 9.97 Å². The third kappa shape index (κ3) is 5.81. The van der Waals surface area contributed by atoms with Crippen LogP contribution < -0.4 is 10.1 Å². The minimum atomic E-state index is 0.246. The number of hydrogen-bond acceptors (Lipinski definition) is 6.